The standard InChI is InChI=1S/C7H11N3OS2/c1-5-9-10-7(12-5)8-6-2-3-13(11)4-6/h6H,2-4H2,1H3,(H,8,10). The zero-order chi connectivity index (χ0) is 9.26. The van der Waals surface area contributed by atoms with Crippen molar-refractivity contribution in [3.63, 3.8) is 0 Å². The normalized spacial score (nSPS) is 27.8. The first-order chi connectivity index (χ1) is 6.24. The fourth-order valence-corrected chi connectivity index (χ4v) is 3.39. The Morgan fingerprint density at radius 2 is 2.46 bits per heavy atom. The highest BCUT2D eigenvalue weighted by Gasteiger charge is 2.21. The van der Waals surface area contributed by atoms with Gasteiger partial charge >= 0.3 is 0 Å². The van der Waals surface area contributed by atoms with E-state index in [-0.39, 0.29) is 0 Å². The Balaban J connectivity index is 1.95. The molecule has 72 valence electrons. The van der Waals surface area contributed by atoms with Gasteiger partial charge in [0.2, 0.25) is 5.13 Å². The Hall–Kier alpha value is -0.490. The number of nitrogens with zero attached hydrogens (tertiary/aromatic N) is 2. The third kappa shape index (κ3) is 2.25. The minimum Gasteiger partial charge on any atom is -0.356 e. The molecule has 0 bridgehead atoms. The maximum atomic E-state index is 11.1. The summed E-state index contributed by atoms with van der Waals surface area (Å²) < 4.78 is 11.1. The van der Waals surface area contributed by atoms with E-state index in [1.807, 2.05) is 6.92 Å². The highest BCUT2D eigenvalue weighted by Crippen LogP contribution is 2.18. The van der Waals surface area contributed by atoms with Crippen LogP contribution in [-0.2, 0) is 10.8 Å². The van der Waals surface area contributed by atoms with Crippen LogP contribution < -0.4 is 5.32 Å². The van der Waals surface area contributed by atoms with Crippen molar-refractivity contribution < 1.29 is 4.21 Å². The van der Waals surface area contributed by atoms with Gasteiger partial charge in [0.05, 0.1) is 0 Å². The van der Waals surface area contributed by atoms with Gasteiger partial charge in [0.25, 0.3) is 0 Å². The van der Waals surface area contributed by atoms with E-state index in [0.717, 1.165) is 28.1 Å². The molecule has 4 nitrogen and oxygen atoms in total. The van der Waals surface area contributed by atoms with Crippen LogP contribution in [0.15, 0.2) is 0 Å². The van der Waals surface area contributed by atoms with Crippen LogP contribution in [0.3, 0.4) is 0 Å². The van der Waals surface area contributed by atoms with Gasteiger partial charge in [-0.25, -0.2) is 0 Å². The van der Waals surface area contributed by atoms with Crippen molar-refractivity contribution >= 4 is 27.3 Å². The molecule has 0 radical (unpaired) electrons. The lowest BCUT2D eigenvalue weighted by molar-refractivity contribution is 0.686. The van der Waals surface area contributed by atoms with E-state index in [2.05, 4.69) is 15.5 Å². The summed E-state index contributed by atoms with van der Waals surface area (Å²) in [6.45, 7) is 1.93. The first-order valence-electron chi connectivity index (χ1n) is 4.15. The number of aromatic nitrogens is 2. The van der Waals surface area contributed by atoms with Crippen LogP contribution in [0, 0.1) is 6.92 Å². The molecule has 1 aromatic rings. The molecule has 1 aliphatic heterocycles. The molecule has 2 rings (SSSR count). The quantitative estimate of drug-likeness (QED) is 0.795. The zero-order valence-electron chi connectivity index (χ0n) is 7.32. The van der Waals surface area contributed by atoms with Crippen LogP contribution >= 0.6 is 11.3 Å². The van der Waals surface area contributed by atoms with Gasteiger partial charge in [-0.2, -0.15) is 0 Å². The predicted octanol–water partition coefficient (Wildman–Crippen LogP) is 0.779. The van der Waals surface area contributed by atoms with Gasteiger partial charge in [-0.05, 0) is 13.3 Å². The molecular formula is C7H11N3OS2. The topological polar surface area (TPSA) is 54.9 Å². The molecule has 2 heterocycles. The van der Waals surface area contributed by atoms with Crippen molar-refractivity contribution in [1.82, 2.24) is 10.2 Å². The first-order valence-corrected chi connectivity index (χ1v) is 6.46. The maximum absolute atomic E-state index is 11.1. The summed E-state index contributed by atoms with van der Waals surface area (Å²) in [7, 11) is -0.626. The fraction of sp³-hybridized carbons (Fsp3) is 0.714. The monoisotopic (exact) mass is 217 g/mol. The van der Waals surface area contributed by atoms with E-state index >= 15 is 0 Å². The highest BCUT2D eigenvalue weighted by atomic mass is 32.2. The summed E-state index contributed by atoms with van der Waals surface area (Å²) >= 11 is 1.54. The molecule has 6 heteroatoms. The summed E-state index contributed by atoms with van der Waals surface area (Å²) in [5.74, 6) is 1.56. The van der Waals surface area contributed by atoms with Gasteiger partial charge in [-0.1, -0.05) is 11.3 Å². The molecule has 1 N–H and O–H groups in total. The van der Waals surface area contributed by atoms with E-state index in [0.29, 0.717) is 6.04 Å². The van der Waals surface area contributed by atoms with E-state index < -0.39 is 10.8 Å². The van der Waals surface area contributed by atoms with E-state index in [9.17, 15) is 4.21 Å². The van der Waals surface area contributed by atoms with Gasteiger partial charge < -0.3 is 5.32 Å². The van der Waals surface area contributed by atoms with Crippen LogP contribution in [-0.4, -0.2) is 32.0 Å². The van der Waals surface area contributed by atoms with Crippen LogP contribution in [0.1, 0.15) is 11.4 Å². The maximum Gasteiger partial charge on any atom is 0.205 e. The van der Waals surface area contributed by atoms with Gasteiger partial charge in [0, 0.05) is 28.3 Å². The molecule has 2 atom stereocenters. The molecular weight excluding hydrogens is 206 g/mol. The molecule has 2 unspecified atom stereocenters. The molecule has 0 spiro atoms. The lowest BCUT2D eigenvalue weighted by atomic mass is 10.3. The Bertz CT molecular complexity index is 325. The van der Waals surface area contributed by atoms with Crippen molar-refractivity contribution in [2.24, 2.45) is 0 Å². The molecule has 0 amide bonds. The fourth-order valence-electron chi connectivity index (χ4n) is 1.31. The molecule has 1 saturated heterocycles. The van der Waals surface area contributed by atoms with Crippen LogP contribution in [0.2, 0.25) is 0 Å². The third-order valence-electron chi connectivity index (χ3n) is 1.93. The minimum absolute atomic E-state index is 0.327. The number of aryl methyl sites for hydroxylation is 1. The molecule has 1 fully saturated rings. The van der Waals surface area contributed by atoms with Gasteiger partial charge in [-0.15, -0.1) is 10.2 Å². The Morgan fingerprint density at radius 3 is 3.00 bits per heavy atom. The Kier molecular flexibility index (Phi) is 2.59. The number of hydrogen-bond acceptors (Lipinski definition) is 5. The molecule has 1 aromatic heterocycles. The average Bonchev–Trinajstić information content (AvgIpc) is 2.62. The lowest BCUT2D eigenvalue weighted by Gasteiger charge is -2.07. The molecule has 0 saturated carbocycles. The molecule has 0 aromatic carbocycles. The third-order valence-corrected chi connectivity index (χ3v) is 4.17. The van der Waals surface area contributed by atoms with Crippen LogP contribution in [0.5, 0.6) is 0 Å². The summed E-state index contributed by atoms with van der Waals surface area (Å²) in [4.78, 5) is 0. The SMILES string of the molecule is Cc1nnc(NC2CCS(=O)C2)s1. The summed E-state index contributed by atoms with van der Waals surface area (Å²) in [5, 5.41) is 12.9. The predicted molar refractivity (Wildman–Crippen MR) is 54.6 cm³/mol. The summed E-state index contributed by atoms with van der Waals surface area (Å²) in [5.41, 5.74) is 0. The highest BCUT2D eigenvalue weighted by molar-refractivity contribution is 7.85. The largest absolute Gasteiger partial charge is 0.356 e. The lowest BCUT2D eigenvalue weighted by Crippen LogP contribution is -2.19. The number of rotatable bonds is 2. The molecule has 0 aliphatic carbocycles. The van der Waals surface area contributed by atoms with E-state index in [1.54, 1.807) is 11.3 Å². The number of anilines is 1. The summed E-state index contributed by atoms with van der Waals surface area (Å²) in [6, 6.07) is 0.327. The van der Waals surface area contributed by atoms with Crippen LogP contribution in [0.25, 0.3) is 0 Å². The van der Waals surface area contributed by atoms with Crippen LogP contribution in [0.4, 0.5) is 5.13 Å². The average molecular weight is 217 g/mol. The van der Waals surface area contributed by atoms with Crippen molar-refractivity contribution in [2.45, 2.75) is 19.4 Å². The minimum atomic E-state index is -0.626. The summed E-state index contributed by atoms with van der Waals surface area (Å²) in [6.07, 6.45) is 0.977. The number of hydrogen-bond donors (Lipinski definition) is 1. The van der Waals surface area contributed by atoms with Crippen molar-refractivity contribution in [1.29, 1.82) is 0 Å². The molecule has 1 aliphatic rings. The second kappa shape index (κ2) is 3.71. The van der Waals surface area contributed by atoms with Crippen molar-refractivity contribution in [2.75, 3.05) is 16.8 Å². The van der Waals surface area contributed by atoms with Crippen molar-refractivity contribution in [3.8, 4) is 0 Å². The van der Waals surface area contributed by atoms with Crippen molar-refractivity contribution in [3.05, 3.63) is 5.01 Å². The molecule has 13 heavy (non-hydrogen) atoms. The number of nitrogens with one attached hydrogen (secondary N) is 1. The first kappa shape index (κ1) is 9.08. The van der Waals surface area contributed by atoms with E-state index in [4.69, 9.17) is 0 Å². The van der Waals surface area contributed by atoms with E-state index in [1.165, 1.54) is 0 Å². The van der Waals surface area contributed by atoms with Gasteiger partial charge in [-0.3, -0.25) is 4.21 Å². The Labute approximate surface area is 83.2 Å². The van der Waals surface area contributed by atoms with Gasteiger partial charge in [0.15, 0.2) is 0 Å². The van der Waals surface area contributed by atoms with Gasteiger partial charge in [0.1, 0.15) is 5.01 Å². The Morgan fingerprint density at radius 1 is 1.62 bits per heavy atom. The second-order valence-corrected chi connectivity index (χ2v) is 5.87. The zero-order valence-corrected chi connectivity index (χ0v) is 8.95. The second-order valence-electron chi connectivity index (χ2n) is 3.07. The smallest absolute Gasteiger partial charge is 0.205 e.